The largest absolute Gasteiger partial charge is 0.308 e. The fourth-order valence-electron chi connectivity index (χ4n) is 6.07. The van der Waals surface area contributed by atoms with Crippen LogP contribution in [0.25, 0.3) is 55.1 Å². The summed E-state index contributed by atoms with van der Waals surface area (Å²) in [4.78, 5) is 5.09. The van der Waals surface area contributed by atoms with Crippen molar-refractivity contribution in [2.45, 2.75) is 0 Å². The average Bonchev–Trinajstić information content (AvgIpc) is 3.58. The highest BCUT2D eigenvalue weighted by Gasteiger charge is 2.21. The molecule has 0 unspecified atom stereocenters. The Balaban J connectivity index is 1.42. The van der Waals surface area contributed by atoms with Gasteiger partial charge in [-0.05, 0) is 41.5 Å². The van der Waals surface area contributed by atoms with E-state index in [1.165, 1.54) is 5.39 Å². The maximum Gasteiger partial charge on any atom is 0.162 e. The Hall–Kier alpha value is -5.94. The third-order valence-electron chi connectivity index (χ3n) is 8.02. The van der Waals surface area contributed by atoms with E-state index in [1.807, 2.05) is 60.8 Å². The lowest BCUT2D eigenvalue weighted by Gasteiger charge is -2.15. The zero-order chi connectivity index (χ0) is 28.8. The van der Waals surface area contributed by atoms with Gasteiger partial charge in [-0.2, -0.15) is 0 Å². The minimum atomic E-state index is 0.423. The van der Waals surface area contributed by atoms with E-state index >= 15 is 0 Å². The summed E-state index contributed by atoms with van der Waals surface area (Å²) in [6.45, 7) is 0. The third kappa shape index (κ3) is 4.10. The minimum Gasteiger partial charge on any atom is -0.308 e. The number of nitrogens with zero attached hydrogens (tertiary/aromatic N) is 3. The number of pyridine rings is 1. The summed E-state index contributed by atoms with van der Waals surface area (Å²) in [5.74, 6) is 0. The molecule has 0 aliphatic carbocycles. The van der Waals surface area contributed by atoms with E-state index in [2.05, 4.69) is 106 Å². The van der Waals surface area contributed by atoms with E-state index in [4.69, 9.17) is 10.4 Å². The van der Waals surface area contributed by atoms with Gasteiger partial charge in [0.15, 0.2) is 5.65 Å². The lowest BCUT2D eigenvalue weighted by atomic mass is 10.1. The Morgan fingerprint density at radius 1 is 0.605 bits per heavy atom. The Morgan fingerprint density at radius 2 is 1.19 bits per heavy atom. The number of nitrogens with one attached hydrogen (secondary N) is 2. The van der Waals surface area contributed by atoms with Crippen molar-refractivity contribution in [2.24, 2.45) is 0 Å². The first-order valence-electron chi connectivity index (χ1n) is 14.3. The van der Waals surface area contributed by atoms with Crippen molar-refractivity contribution in [1.82, 2.24) is 14.2 Å². The van der Waals surface area contributed by atoms with Crippen LogP contribution in [0.3, 0.4) is 0 Å². The van der Waals surface area contributed by atoms with Crippen LogP contribution < -0.4 is 5.43 Å². The summed E-state index contributed by atoms with van der Waals surface area (Å²) in [5.41, 5.74) is 11.9. The molecule has 2 N–H and O–H groups in total. The molecule has 43 heavy (non-hydrogen) atoms. The van der Waals surface area contributed by atoms with Crippen LogP contribution in [0.4, 0.5) is 0 Å². The van der Waals surface area contributed by atoms with Crippen molar-refractivity contribution in [3.8, 4) is 5.69 Å². The SMILES string of the molecule is N=C(/C=C(\Nn1c2ccccc2c2c1ncc1c3ccccc3n(-c3ccccc3)c12)c1ccccc1)c1ccccc1. The van der Waals surface area contributed by atoms with Crippen LogP contribution in [-0.4, -0.2) is 19.9 Å². The lowest BCUT2D eigenvalue weighted by molar-refractivity contribution is 1.04. The summed E-state index contributed by atoms with van der Waals surface area (Å²) in [5, 5.41) is 13.4. The van der Waals surface area contributed by atoms with Gasteiger partial charge in [-0.15, -0.1) is 0 Å². The van der Waals surface area contributed by atoms with Gasteiger partial charge in [-0.1, -0.05) is 115 Å². The second-order valence-corrected chi connectivity index (χ2v) is 10.6. The van der Waals surface area contributed by atoms with Crippen molar-refractivity contribution in [3.05, 3.63) is 163 Å². The minimum absolute atomic E-state index is 0.423. The van der Waals surface area contributed by atoms with Gasteiger partial charge in [0, 0.05) is 28.0 Å². The maximum absolute atomic E-state index is 8.91. The lowest BCUT2D eigenvalue weighted by Crippen LogP contribution is -2.15. The number of fused-ring (bicyclic) bond motifs is 7. The summed E-state index contributed by atoms with van der Waals surface area (Å²) in [6.07, 6.45) is 3.89. The molecule has 8 rings (SSSR count). The van der Waals surface area contributed by atoms with E-state index in [-0.39, 0.29) is 0 Å². The Bertz CT molecular complexity index is 2310. The fourth-order valence-corrected chi connectivity index (χ4v) is 6.07. The molecule has 204 valence electrons. The number of aromatic nitrogens is 3. The summed E-state index contributed by atoms with van der Waals surface area (Å²) >= 11 is 0. The van der Waals surface area contributed by atoms with E-state index in [9.17, 15) is 0 Å². The molecule has 0 fully saturated rings. The van der Waals surface area contributed by atoms with Gasteiger partial charge in [-0.3, -0.25) is 5.43 Å². The molecular formula is C38H27N5. The molecule has 0 saturated carbocycles. The first-order chi connectivity index (χ1) is 21.3. The van der Waals surface area contributed by atoms with Gasteiger partial charge in [0.05, 0.1) is 33.3 Å². The molecule has 5 nitrogen and oxygen atoms in total. The zero-order valence-corrected chi connectivity index (χ0v) is 23.3. The van der Waals surface area contributed by atoms with Crippen molar-refractivity contribution in [2.75, 3.05) is 5.43 Å². The van der Waals surface area contributed by atoms with Gasteiger partial charge in [0.1, 0.15) is 0 Å². The molecule has 3 heterocycles. The van der Waals surface area contributed by atoms with Crippen LogP contribution in [0.15, 0.2) is 152 Å². The van der Waals surface area contributed by atoms with Gasteiger partial charge < -0.3 is 9.98 Å². The fraction of sp³-hybridized carbons (Fsp3) is 0. The molecule has 0 aliphatic rings. The van der Waals surface area contributed by atoms with Crippen LogP contribution in [0.5, 0.6) is 0 Å². The number of allylic oxidation sites excluding steroid dienone is 1. The highest BCUT2D eigenvalue weighted by atomic mass is 15.4. The second-order valence-electron chi connectivity index (χ2n) is 10.6. The molecule has 0 amide bonds. The van der Waals surface area contributed by atoms with Crippen molar-refractivity contribution in [3.63, 3.8) is 0 Å². The monoisotopic (exact) mass is 553 g/mol. The number of benzene rings is 5. The van der Waals surface area contributed by atoms with Crippen LogP contribution in [0.1, 0.15) is 11.1 Å². The van der Waals surface area contributed by atoms with Crippen LogP contribution in [0, 0.1) is 5.41 Å². The molecule has 0 bridgehead atoms. The quantitative estimate of drug-likeness (QED) is 0.202. The molecule has 0 spiro atoms. The molecular weight excluding hydrogens is 526 g/mol. The molecule has 0 radical (unpaired) electrons. The average molecular weight is 554 g/mol. The molecule has 0 saturated heterocycles. The summed E-state index contributed by atoms with van der Waals surface area (Å²) in [7, 11) is 0. The van der Waals surface area contributed by atoms with Crippen LogP contribution >= 0.6 is 0 Å². The molecule has 0 atom stereocenters. The van der Waals surface area contributed by atoms with Gasteiger partial charge in [0.2, 0.25) is 0 Å². The highest BCUT2D eigenvalue weighted by molar-refractivity contribution is 6.24. The second kappa shape index (κ2) is 10.2. The molecule has 8 aromatic rings. The molecule has 5 aromatic carbocycles. The maximum atomic E-state index is 8.91. The van der Waals surface area contributed by atoms with E-state index in [1.54, 1.807) is 0 Å². The predicted molar refractivity (Wildman–Crippen MR) is 179 cm³/mol. The zero-order valence-electron chi connectivity index (χ0n) is 23.3. The number of hydrogen-bond donors (Lipinski definition) is 2. The van der Waals surface area contributed by atoms with Crippen molar-refractivity contribution < 1.29 is 0 Å². The van der Waals surface area contributed by atoms with E-state index < -0.39 is 0 Å². The van der Waals surface area contributed by atoms with Crippen LogP contribution in [0.2, 0.25) is 0 Å². The smallest absolute Gasteiger partial charge is 0.162 e. The Kier molecular flexibility index (Phi) is 5.86. The molecule has 5 heteroatoms. The Labute approximate surface area is 248 Å². The first-order valence-corrected chi connectivity index (χ1v) is 14.3. The number of hydrogen-bond acceptors (Lipinski definition) is 3. The molecule has 3 aromatic heterocycles. The summed E-state index contributed by atoms with van der Waals surface area (Å²) < 4.78 is 4.42. The number of rotatable bonds is 6. The van der Waals surface area contributed by atoms with Gasteiger partial charge in [0.25, 0.3) is 0 Å². The van der Waals surface area contributed by atoms with E-state index in [0.29, 0.717) is 5.71 Å². The normalized spacial score (nSPS) is 12.0. The highest BCUT2D eigenvalue weighted by Crippen LogP contribution is 2.39. The van der Waals surface area contributed by atoms with Crippen molar-refractivity contribution in [1.29, 1.82) is 5.41 Å². The topological polar surface area (TPSA) is 58.6 Å². The third-order valence-corrected chi connectivity index (χ3v) is 8.02. The number of para-hydroxylation sites is 3. The van der Waals surface area contributed by atoms with Gasteiger partial charge >= 0.3 is 0 Å². The van der Waals surface area contributed by atoms with Gasteiger partial charge in [-0.25, -0.2) is 9.66 Å². The first kappa shape index (κ1) is 24.8. The van der Waals surface area contributed by atoms with E-state index in [0.717, 1.165) is 60.9 Å². The van der Waals surface area contributed by atoms with Crippen molar-refractivity contribution >= 4 is 55.2 Å². The predicted octanol–water partition coefficient (Wildman–Crippen LogP) is 8.94. The Morgan fingerprint density at radius 3 is 1.91 bits per heavy atom. The van der Waals surface area contributed by atoms with Crippen LogP contribution in [-0.2, 0) is 0 Å². The summed E-state index contributed by atoms with van der Waals surface area (Å²) in [6, 6.07) is 47.4. The standard InChI is InChI=1S/C38H27N5/c39-32(26-14-4-1-5-15-26)24-33(27-16-6-2-7-17-27)41-43-35-23-13-11-21-30(35)36-37-31(25-40-38(36)43)29-20-10-12-22-34(29)42(37)28-18-8-3-9-19-28/h1-25,39,41H/b33-24-,39-32?. The molecule has 0 aliphatic heterocycles.